The molecule has 1 heterocycles. The third kappa shape index (κ3) is 8.91. The zero-order valence-electron chi connectivity index (χ0n) is 16.3. The van der Waals surface area contributed by atoms with E-state index in [1.54, 1.807) is 13.0 Å². The average molecular weight is 466 g/mol. The summed E-state index contributed by atoms with van der Waals surface area (Å²) in [5.41, 5.74) is -1.12. The van der Waals surface area contributed by atoms with E-state index in [4.69, 9.17) is 4.42 Å². The first-order valence-corrected chi connectivity index (χ1v) is 8.96. The summed E-state index contributed by atoms with van der Waals surface area (Å²) < 4.78 is 5.53. The summed E-state index contributed by atoms with van der Waals surface area (Å²) in [6.07, 6.45) is 1.16. The van der Waals surface area contributed by atoms with Crippen molar-refractivity contribution in [3.63, 3.8) is 0 Å². The topological polar surface area (TPSA) is 73.0 Å². The van der Waals surface area contributed by atoms with Gasteiger partial charge in [0.1, 0.15) is 17.1 Å². The van der Waals surface area contributed by atoms with E-state index >= 15 is 0 Å². The van der Waals surface area contributed by atoms with Crippen LogP contribution >= 0.6 is 24.0 Å². The van der Waals surface area contributed by atoms with Crippen LogP contribution in [-0.2, 0) is 5.60 Å². The molecule has 0 aromatic carbocycles. The van der Waals surface area contributed by atoms with Gasteiger partial charge in [-0.15, -0.1) is 24.0 Å². The maximum atomic E-state index is 10.6. The first-order valence-electron chi connectivity index (χ1n) is 8.96. The van der Waals surface area contributed by atoms with Gasteiger partial charge in [0.2, 0.25) is 0 Å². The predicted octanol–water partition coefficient (Wildman–Crippen LogP) is 2.70. The molecule has 0 radical (unpaired) electrons. The van der Waals surface area contributed by atoms with Crippen LogP contribution in [0.4, 0.5) is 0 Å². The van der Waals surface area contributed by atoms with Crippen molar-refractivity contribution in [1.29, 1.82) is 0 Å². The molecule has 1 rings (SSSR count). The highest BCUT2D eigenvalue weighted by Gasteiger charge is 2.26. The molecule has 3 N–H and O–H groups in total. The molecule has 25 heavy (non-hydrogen) atoms. The quantitative estimate of drug-likeness (QED) is 0.281. The van der Waals surface area contributed by atoms with Crippen molar-refractivity contribution < 1.29 is 9.52 Å². The molecule has 7 heteroatoms. The number of hydrogen-bond acceptors (Lipinski definition) is 4. The van der Waals surface area contributed by atoms with Crippen molar-refractivity contribution in [2.45, 2.75) is 46.6 Å². The lowest BCUT2D eigenvalue weighted by molar-refractivity contribution is 0.0428. The molecule has 0 saturated heterocycles. The molecule has 1 aromatic rings. The minimum atomic E-state index is -1.12. The van der Waals surface area contributed by atoms with Gasteiger partial charge in [-0.2, -0.15) is 0 Å². The highest BCUT2D eigenvalue weighted by molar-refractivity contribution is 14.0. The summed E-state index contributed by atoms with van der Waals surface area (Å²) in [6, 6.07) is 3.65. The third-order valence-corrected chi connectivity index (χ3v) is 3.87. The summed E-state index contributed by atoms with van der Waals surface area (Å²) in [7, 11) is 0. The number of rotatable bonds is 10. The fraction of sp³-hybridized carbons (Fsp3) is 0.722. The smallest absolute Gasteiger partial charge is 0.191 e. The van der Waals surface area contributed by atoms with Crippen molar-refractivity contribution in [3.8, 4) is 0 Å². The number of guanidine groups is 1. The van der Waals surface area contributed by atoms with Crippen LogP contribution in [0.25, 0.3) is 0 Å². The fourth-order valence-electron chi connectivity index (χ4n) is 2.45. The Morgan fingerprint density at radius 3 is 2.48 bits per heavy atom. The minimum Gasteiger partial charge on any atom is -0.463 e. The summed E-state index contributed by atoms with van der Waals surface area (Å²) in [4.78, 5) is 6.91. The minimum absolute atomic E-state index is 0. The number of aliphatic hydroxyl groups is 1. The first-order chi connectivity index (χ1) is 11.4. The number of likely N-dealkylation sites (N-methyl/N-ethyl adjacent to an activating group) is 1. The second-order valence-corrected chi connectivity index (χ2v) is 6.24. The highest BCUT2D eigenvalue weighted by atomic mass is 127. The van der Waals surface area contributed by atoms with E-state index in [1.807, 2.05) is 19.9 Å². The Kier molecular flexibility index (Phi) is 12.1. The first kappa shape index (κ1) is 24.2. The SMILES string of the molecule is CCCN(CC)CCNC(=NCC(C)(O)c1ccc(C)o1)NCC.I. The number of aryl methyl sites for hydroxylation is 1. The van der Waals surface area contributed by atoms with Gasteiger partial charge in [0, 0.05) is 19.6 Å². The number of halogens is 1. The van der Waals surface area contributed by atoms with Gasteiger partial charge >= 0.3 is 0 Å². The van der Waals surface area contributed by atoms with Gasteiger partial charge in [-0.1, -0.05) is 13.8 Å². The van der Waals surface area contributed by atoms with Crippen LogP contribution in [0.2, 0.25) is 0 Å². The molecule has 0 saturated carbocycles. The van der Waals surface area contributed by atoms with Gasteiger partial charge < -0.3 is 25.1 Å². The molecule has 0 aliphatic carbocycles. The Morgan fingerprint density at radius 1 is 1.24 bits per heavy atom. The molecular formula is C18H35IN4O2. The van der Waals surface area contributed by atoms with E-state index in [2.05, 4.69) is 34.4 Å². The van der Waals surface area contributed by atoms with Crippen LogP contribution in [0.3, 0.4) is 0 Å². The number of hydrogen-bond donors (Lipinski definition) is 3. The molecule has 146 valence electrons. The second-order valence-electron chi connectivity index (χ2n) is 6.24. The van der Waals surface area contributed by atoms with Gasteiger partial charge in [0.25, 0.3) is 0 Å². The maximum Gasteiger partial charge on any atom is 0.191 e. The van der Waals surface area contributed by atoms with Crippen molar-refractivity contribution in [2.75, 3.05) is 39.3 Å². The molecule has 0 spiro atoms. The van der Waals surface area contributed by atoms with Crippen molar-refractivity contribution in [3.05, 3.63) is 23.7 Å². The molecule has 0 fully saturated rings. The Balaban J connectivity index is 0.00000576. The van der Waals surface area contributed by atoms with Crippen molar-refractivity contribution >= 4 is 29.9 Å². The molecule has 1 atom stereocenters. The van der Waals surface area contributed by atoms with E-state index in [0.717, 1.165) is 44.9 Å². The van der Waals surface area contributed by atoms with Crippen LogP contribution in [-0.4, -0.2) is 55.2 Å². The largest absolute Gasteiger partial charge is 0.463 e. The lowest BCUT2D eigenvalue weighted by Gasteiger charge is -2.22. The molecule has 0 bridgehead atoms. The van der Waals surface area contributed by atoms with Gasteiger partial charge in [-0.25, -0.2) is 4.99 Å². The predicted molar refractivity (Wildman–Crippen MR) is 115 cm³/mol. The number of furan rings is 1. The summed E-state index contributed by atoms with van der Waals surface area (Å²) in [6.45, 7) is 15.0. The van der Waals surface area contributed by atoms with E-state index < -0.39 is 5.60 Å². The molecule has 1 unspecified atom stereocenters. The fourth-order valence-corrected chi connectivity index (χ4v) is 2.45. The molecule has 6 nitrogen and oxygen atoms in total. The zero-order valence-corrected chi connectivity index (χ0v) is 18.6. The maximum absolute atomic E-state index is 10.6. The van der Waals surface area contributed by atoms with Crippen LogP contribution < -0.4 is 10.6 Å². The van der Waals surface area contributed by atoms with Crippen LogP contribution in [0.15, 0.2) is 21.5 Å². The third-order valence-electron chi connectivity index (χ3n) is 3.87. The molecular weight excluding hydrogens is 431 g/mol. The van der Waals surface area contributed by atoms with E-state index in [9.17, 15) is 5.11 Å². The number of aliphatic imine (C=N–C) groups is 1. The Bertz CT molecular complexity index is 503. The van der Waals surface area contributed by atoms with Gasteiger partial charge in [-0.3, -0.25) is 0 Å². The Labute approximate surface area is 169 Å². The van der Waals surface area contributed by atoms with E-state index in [-0.39, 0.29) is 30.5 Å². The average Bonchev–Trinajstić information content (AvgIpc) is 2.99. The Hall–Kier alpha value is -0.800. The van der Waals surface area contributed by atoms with E-state index in [1.165, 1.54) is 0 Å². The van der Waals surface area contributed by atoms with Gasteiger partial charge in [0.15, 0.2) is 5.96 Å². The van der Waals surface area contributed by atoms with Crippen molar-refractivity contribution in [2.24, 2.45) is 4.99 Å². The van der Waals surface area contributed by atoms with Crippen LogP contribution in [0.1, 0.15) is 45.6 Å². The van der Waals surface area contributed by atoms with Crippen LogP contribution in [0.5, 0.6) is 0 Å². The molecule has 0 aliphatic rings. The number of nitrogens with one attached hydrogen (secondary N) is 2. The van der Waals surface area contributed by atoms with Crippen molar-refractivity contribution in [1.82, 2.24) is 15.5 Å². The van der Waals surface area contributed by atoms with E-state index in [0.29, 0.717) is 11.7 Å². The van der Waals surface area contributed by atoms with Crippen LogP contribution in [0, 0.1) is 6.92 Å². The molecule has 1 aromatic heterocycles. The standard InChI is InChI=1S/C18H34N4O2.HI/c1-6-12-22(8-3)13-11-20-17(19-7-2)21-14-18(5,23)16-10-9-15(4)24-16;/h9-10,23H,6-8,11-14H2,1-5H3,(H2,19,20,21);1H. The lowest BCUT2D eigenvalue weighted by atomic mass is 10.0. The second kappa shape index (κ2) is 12.5. The summed E-state index contributed by atoms with van der Waals surface area (Å²) >= 11 is 0. The monoisotopic (exact) mass is 466 g/mol. The zero-order chi connectivity index (χ0) is 18.0. The summed E-state index contributed by atoms with van der Waals surface area (Å²) in [5.74, 6) is 2.04. The number of nitrogens with zero attached hydrogens (tertiary/aromatic N) is 2. The van der Waals surface area contributed by atoms with Gasteiger partial charge in [-0.05, 0) is 52.4 Å². The van der Waals surface area contributed by atoms with Gasteiger partial charge in [0.05, 0.1) is 6.54 Å². The molecule has 0 aliphatic heterocycles. The molecule has 0 amide bonds. The normalized spacial score (nSPS) is 14.1. The lowest BCUT2D eigenvalue weighted by Crippen LogP contribution is -2.42. The highest BCUT2D eigenvalue weighted by Crippen LogP contribution is 2.22. The summed E-state index contributed by atoms with van der Waals surface area (Å²) in [5, 5.41) is 17.1. The Morgan fingerprint density at radius 2 is 1.96 bits per heavy atom.